The van der Waals surface area contributed by atoms with Crippen LogP contribution >= 0.6 is 11.6 Å². The monoisotopic (exact) mass is 550 g/mol. The van der Waals surface area contributed by atoms with Crippen LogP contribution in [0.1, 0.15) is 57.2 Å². The van der Waals surface area contributed by atoms with Gasteiger partial charge >= 0.3 is 0 Å². The number of fused-ring (bicyclic) bond motifs is 1. The summed E-state index contributed by atoms with van der Waals surface area (Å²) < 4.78 is 0. The number of para-hydroxylation sites is 1. The maximum Gasteiger partial charge on any atom is 0.0944 e. The fourth-order valence-electron chi connectivity index (χ4n) is 3.71. The number of likely N-dealkylation sites (N-methyl/N-ethyl adjacent to an activating group) is 1. The molecule has 0 fully saturated rings. The van der Waals surface area contributed by atoms with Crippen LogP contribution in [0.15, 0.2) is 98.5 Å². The molecule has 0 aliphatic carbocycles. The van der Waals surface area contributed by atoms with E-state index in [1.54, 1.807) is 12.2 Å². The lowest BCUT2D eigenvalue weighted by Gasteiger charge is -2.32. The second-order valence-electron chi connectivity index (χ2n) is 9.47. The third-order valence-electron chi connectivity index (χ3n) is 5.64. The fourth-order valence-corrected chi connectivity index (χ4v) is 4.03. The Labute approximate surface area is 244 Å². The Bertz CT molecular complexity index is 1060. The fraction of sp³-hybridized carbons (Fsp3) is 0.353. The first-order chi connectivity index (χ1) is 18.6. The molecule has 3 rings (SSSR count). The lowest BCUT2D eigenvalue weighted by molar-refractivity contribution is 0.252. The molecular formula is C34H51ClN4. The smallest absolute Gasteiger partial charge is 0.0944 e. The highest BCUT2D eigenvalue weighted by atomic mass is 35.5. The molecule has 39 heavy (non-hydrogen) atoms. The average molecular weight is 551 g/mol. The van der Waals surface area contributed by atoms with Crippen molar-refractivity contribution in [1.82, 2.24) is 10.2 Å². The van der Waals surface area contributed by atoms with Crippen molar-refractivity contribution in [3.63, 3.8) is 0 Å². The van der Waals surface area contributed by atoms with E-state index < -0.39 is 0 Å². The van der Waals surface area contributed by atoms with Crippen LogP contribution in [0.5, 0.6) is 0 Å². The van der Waals surface area contributed by atoms with Crippen LogP contribution < -0.4 is 16.0 Å². The van der Waals surface area contributed by atoms with Crippen molar-refractivity contribution in [2.45, 2.75) is 60.0 Å². The molecule has 2 aromatic carbocycles. The molecule has 0 saturated heterocycles. The van der Waals surface area contributed by atoms with E-state index >= 15 is 0 Å². The van der Waals surface area contributed by atoms with Crippen LogP contribution in [-0.4, -0.2) is 31.1 Å². The van der Waals surface area contributed by atoms with E-state index in [2.05, 4.69) is 93.5 Å². The van der Waals surface area contributed by atoms with E-state index in [1.165, 1.54) is 23.2 Å². The molecule has 1 aliphatic heterocycles. The van der Waals surface area contributed by atoms with Gasteiger partial charge < -0.3 is 20.9 Å². The van der Waals surface area contributed by atoms with Crippen LogP contribution in [0.25, 0.3) is 6.08 Å². The predicted octanol–water partition coefficient (Wildman–Crippen LogP) is 8.71. The van der Waals surface area contributed by atoms with E-state index in [-0.39, 0.29) is 0 Å². The third-order valence-corrected chi connectivity index (χ3v) is 5.97. The first-order valence-electron chi connectivity index (χ1n) is 13.6. The zero-order chi connectivity index (χ0) is 29.8. The van der Waals surface area contributed by atoms with E-state index in [1.807, 2.05) is 44.2 Å². The van der Waals surface area contributed by atoms with Crippen molar-refractivity contribution < 1.29 is 0 Å². The maximum absolute atomic E-state index is 5.86. The van der Waals surface area contributed by atoms with E-state index in [9.17, 15) is 0 Å². The summed E-state index contributed by atoms with van der Waals surface area (Å²) in [4.78, 5) is 4.64. The highest BCUT2D eigenvalue weighted by molar-refractivity contribution is 6.32. The summed E-state index contributed by atoms with van der Waals surface area (Å²) in [5.41, 5.74) is 11.1. The summed E-state index contributed by atoms with van der Waals surface area (Å²) in [5, 5.41) is 4.13. The van der Waals surface area contributed by atoms with Crippen molar-refractivity contribution in [2.24, 2.45) is 5.73 Å². The SMILES string of the molecule is C=C(N)CCNC(=C)N1Cc2ccccc2N(C)C[C@H]1C.C=C/C=C\C.C=Cc1ccc(C)cc1Cl.CCC. The molecule has 1 atom stereocenters. The summed E-state index contributed by atoms with van der Waals surface area (Å²) in [7, 11) is 2.15. The minimum atomic E-state index is 0.392. The average Bonchev–Trinajstić information content (AvgIpc) is 3.01. The number of allylic oxidation sites excluding steroid dienone is 3. The molecule has 4 nitrogen and oxygen atoms in total. The summed E-state index contributed by atoms with van der Waals surface area (Å²) >= 11 is 5.86. The molecule has 1 aliphatic rings. The molecule has 0 unspecified atom stereocenters. The van der Waals surface area contributed by atoms with E-state index in [4.69, 9.17) is 17.3 Å². The predicted molar refractivity (Wildman–Crippen MR) is 177 cm³/mol. The number of halogens is 1. The van der Waals surface area contributed by atoms with Gasteiger partial charge in [0.05, 0.1) is 5.82 Å². The van der Waals surface area contributed by atoms with Gasteiger partial charge in [0.1, 0.15) is 0 Å². The van der Waals surface area contributed by atoms with Gasteiger partial charge in [-0.15, -0.1) is 0 Å². The minimum Gasteiger partial charge on any atom is -0.402 e. The number of anilines is 1. The lowest BCUT2D eigenvalue weighted by atomic mass is 10.1. The van der Waals surface area contributed by atoms with Gasteiger partial charge in [-0.3, -0.25) is 0 Å². The summed E-state index contributed by atoms with van der Waals surface area (Å²) in [6.07, 6.45) is 9.34. The van der Waals surface area contributed by atoms with Crippen molar-refractivity contribution in [1.29, 1.82) is 0 Å². The number of nitrogens with one attached hydrogen (secondary N) is 1. The highest BCUT2D eigenvalue weighted by Crippen LogP contribution is 2.27. The van der Waals surface area contributed by atoms with Crippen molar-refractivity contribution in [3.05, 3.63) is 120 Å². The van der Waals surface area contributed by atoms with E-state index in [0.717, 1.165) is 42.5 Å². The van der Waals surface area contributed by atoms with Gasteiger partial charge in [0.2, 0.25) is 0 Å². The molecule has 0 aromatic heterocycles. The summed E-state index contributed by atoms with van der Waals surface area (Å²) in [5.74, 6) is 0.953. The zero-order valence-electron chi connectivity index (χ0n) is 25.1. The largest absolute Gasteiger partial charge is 0.402 e. The molecular weight excluding hydrogens is 500 g/mol. The Kier molecular flexibility index (Phi) is 18.8. The Morgan fingerprint density at radius 2 is 1.79 bits per heavy atom. The Balaban J connectivity index is 0.000000661. The second kappa shape index (κ2) is 20.6. The first kappa shape index (κ1) is 35.6. The normalized spacial score (nSPS) is 13.7. The number of hydrogen-bond donors (Lipinski definition) is 2. The number of nitrogens with two attached hydrogens (primary N) is 1. The number of benzene rings is 2. The zero-order valence-corrected chi connectivity index (χ0v) is 25.9. The molecule has 2 aromatic rings. The number of nitrogens with zero attached hydrogens (tertiary/aromatic N) is 2. The lowest BCUT2D eigenvalue weighted by Crippen LogP contribution is -2.41. The van der Waals surface area contributed by atoms with Gasteiger partial charge in [-0.2, -0.15) is 0 Å². The van der Waals surface area contributed by atoms with Gasteiger partial charge in [0.15, 0.2) is 0 Å². The van der Waals surface area contributed by atoms with E-state index in [0.29, 0.717) is 11.7 Å². The Morgan fingerprint density at radius 3 is 2.31 bits per heavy atom. The second-order valence-corrected chi connectivity index (χ2v) is 9.87. The standard InChI is InChI=1S/C17H26N4.C9H9Cl.C5H8.C3H8/c1-13(18)9-10-19-15(3)21-12-16-7-5-6-8-17(16)20(4)11-14(21)2;1-3-8-5-4-7(2)6-9(8)10;1-3-5-4-2;1-3-2/h5-8,14,19H,1,3,9-12,18H2,2,4H3;3-6H,1H2,2H3;3-5H,1H2,2H3;3H2,1-2H3/b;;5-4-;/t14-;;;/m1.../s1. The molecule has 0 amide bonds. The number of aryl methyl sites for hydroxylation is 1. The van der Waals surface area contributed by atoms with Crippen LogP contribution in [0.3, 0.4) is 0 Å². The summed E-state index contributed by atoms with van der Waals surface area (Å²) in [6.45, 7) is 28.1. The number of hydrogen-bond acceptors (Lipinski definition) is 4. The van der Waals surface area contributed by atoms with Gasteiger partial charge in [0, 0.05) is 55.6 Å². The van der Waals surface area contributed by atoms with Crippen LogP contribution in [0.2, 0.25) is 5.02 Å². The molecule has 0 spiro atoms. The molecule has 0 saturated carbocycles. The van der Waals surface area contributed by atoms with Crippen LogP contribution in [-0.2, 0) is 6.54 Å². The van der Waals surface area contributed by atoms with Crippen LogP contribution in [0.4, 0.5) is 5.69 Å². The van der Waals surface area contributed by atoms with Crippen LogP contribution in [0, 0.1) is 6.92 Å². The minimum absolute atomic E-state index is 0.392. The van der Waals surface area contributed by atoms with Crippen molar-refractivity contribution in [2.75, 3.05) is 25.0 Å². The van der Waals surface area contributed by atoms with Gasteiger partial charge in [-0.25, -0.2) is 0 Å². The summed E-state index contributed by atoms with van der Waals surface area (Å²) in [6, 6.07) is 14.9. The molecule has 5 heteroatoms. The quantitative estimate of drug-likeness (QED) is 0.338. The van der Waals surface area contributed by atoms with Crippen molar-refractivity contribution in [3.8, 4) is 0 Å². The molecule has 0 bridgehead atoms. The molecule has 1 heterocycles. The third kappa shape index (κ3) is 14.4. The Morgan fingerprint density at radius 1 is 1.15 bits per heavy atom. The van der Waals surface area contributed by atoms with Crippen molar-refractivity contribution >= 4 is 23.4 Å². The molecule has 3 N–H and O–H groups in total. The van der Waals surface area contributed by atoms with Gasteiger partial charge in [-0.1, -0.05) is 113 Å². The topological polar surface area (TPSA) is 44.5 Å². The first-order valence-corrected chi connectivity index (χ1v) is 14.0. The highest BCUT2D eigenvalue weighted by Gasteiger charge is 2.23. The molecule has 214 valence electrons. The number of rotatable bonds is 7. The van der Waals surface area contributed by atoms with Gasteiger partial charge in [0.25, 0.3) is 0 Å². The maximum atomic E-state index is 5.86. The Hall–Kier alpha value is -3.37. The molecule has 0 radical (unpaired) electrons. The van der Waals surface area contributed by atoms with Gasteiger partial charge in [-0.05, 0) is 49.6 Å².